The molecule has 1 heterocycles. The van der Waals surface area contributed by atoms with Crippen LogP contribution in [0.15, 0.2) is 35.3 Å². The highest BCUT2D eigenvalue weighted by molar-refractivity contribution is 14.0. The third-order valence-electron chi connectivity index (χ3n) is 5.26. The van der Waals surface area contributed by atoms with Crippen molar-refractivity contribution in [2.45, 2.75) is 50.6 Å². The lowest BCUT2D eigenvalue weighted by Gasteiger charge is -2.23. The minimum atomic E-state index is 0. The smallest absolute Gasteiger partial charge is 0.239 e. The number of nitrogens with one attached hydrogen (secondary N) is 3. The Hall–Kier alpha value is -1.51. The maximum Gasteiger partial charge on any atom is 0.239 e. The van der Waals surface area contributed by atoms with Crippen LogP contribution in [-0.2, 0) is 4.79 Å². The lowest BCUT2D eigenvalue weighted by molar-refractivity contribution is -0.120. The third kappa shape index (κ3) is 6.86. The molecular weight excluding hydrogens is 453 g/mol. The molecule has 2 aliphatic rings. The summed E-state index contributed by atoms with van der Waals surface area (Å²) in [7, 11) is 1.75. The van der Waals surface area contributed by atoms with Gasteiger partial charge in [0.2, 0.25) is 5.91 Å². The van der Waals surface area contributed by atoms with E-state index in [0.717, 1.165) is 32.4 Å². The maximum absolute atomic E-state index is 12.1. The molecule has 1 saturated heterocycles. The summed E-state index contributed by atoms with van der Waals surface area (Å²) >= 11 is 0. The zero-order chi connectivity index (χ0) is 18.2. The molecule has 3 rings (SSSR count). The van der Waals surface area contributed by atoms with Gasteiger partial charge in [0.1, 0.15) is 0 Å². The molecule has 1 saturated carbocycles. The predicted molar refractivity (Wildman–Crippen MR) is 122 cm³/mol. The second-order valence-corrected chi connectivity index (χ2v) is 7.24. The van der Waals surface area contributed by atoms with Gasteiger partial charge in [0.15, 0.2) is 5.96 Å². The van der Waals surface area contributed by atoms with Crippen LogP contribution in [0.25, 0.3) is 0 Å². The standard InChI is InChI=1S/C20H31N5O.HI/c1-21-20(22-14-19(26)23-16-8-4-2-5-9-16)24-17-12-13-25(15-17)18-10-6-3-7-11-18;/h3,6-7,10-11,16-17H,2,4-5,8-9,12-15H2,1H3,(H,23,26)(H2,21,22,24);1H. The molecule has 1 unspecified atom stereocenters. The van der Waals surface area contributed by atoms with E-state index in [-0.39, 0.29) is 36.4 Å². The summed E-state index contributed by atoms with van der Waals surface area (Å²) in [5, 5.41) is 9.72. The third-order valence-corrected chi connectivity index (χ3v) is 5.26. The fourth-order valence-electron chi connectivity index (χ4n) is 3.83. The van der Waals surface area contributed by atoms with Gasteiger partial charge < -0.3 is 20.9 Å². The highest BCUT2D eigenvalue weighted by atomic mass is 127. The van der Waals surface area contributed by atoms with Gasteiger partial charge in [-0.05, 0) is 31.4 Å². The van der Waals surface area contributed by atoms with Crippen molar-refractivity contribution in [3.8, 4) is 0 Å². The number of guanidine groups is 1. The second kappa shape index (κ2) is 11.4. The molecule has 3 N–H and O–H groups in total. The Balaban J connectivity index is 0.00000261. The molecule has 1 amide bonds. The first-order chi connectivity index (χ1) is 12.7. The van der Waals surface area contributed by atoms with Gasteiger partial charge in [0.25, 0.3) is 0 Å². The molecule has 150 valence electrons. The van der Waals surface area contributed by atoms with E-state index < -0.39 is 0 Å². The van der Waals surface area contributed by atoms with Gasteiger partial charge in [0.05, 0.1) is 6.54 Å². The Morgan fingerprint density at radius 2 is 1.81 bits per heavy atom. The van der Waals surface area contributed by atoms with Gasteiger partial charge in [0, 0.05) is 37.9 Å². The lowest BCUT2D eigenvalue weighted by Crippen LogP contribution is -2.49. The number of carbonyl (C=O) groups excluding carboxylic acids is 1. The Morgan fingerprint density at radius 3 is 2.52 bits per heavy atom. The summed E-state index contributed by atoms with van der Waals surface area (Å²) in [4.78, 5) is 18.8. The topological polar surface area (TPSA) is 68.8 Å². The maximum atomic E-state index is 12.1. The van der Waals surface area contributed by atoms with Crippen LogP contribution in [0, 0.1) is 0 Å². The average Bonchev–Trinajstić information content (AvgIpc) is 3.15. The van der Waals surface area contributed by atoms with Crippen LogP contribution >= 0.6 is 24.0 Å². The Morgan fingerprint density at radius 1 is 1.07 bits per heavy atom. The van der Waals surface area contributed by atoms with Gasteiger partial charge in [-0.1, -0.05) is 37.5 Å². The van der Waals surface area contributed by atoms with Crippen molar-refractivity contribution in [3.63, 3.8) is 0 Å². The van der Waals surface area contributed by atoms with Crippen molar-refractivity contribution in [3.05, 3.63) is 30.3 Å². The van der Waals surface area contributed by atoms with E-state index in [1.807, 2.05) is 6.07 Å². The molecule has 7 heteroatoms. The minimum absolute atomic E-state index is 0. The first-order valence-corrected chi connectivity index (χ1v) is 9.81. The van der Waals surface area contributed by atoms with E-state index in [4.69, 9.17) is 0 Å². The number of hydrogen-bond acceptors (Lipinski definition) is 3. The highest BCUT2D eigenvalue weighted by Crippen LogP contribution is 2.19. The summed E-state index contributed by atoms with van der Waals surface area (Å²) in [5.74, 6) is 0.751. The SMILES string of the molecule is CN=C(NCC(=O)NC1CCCCC1)NC1CCN(c2ccccc2)C1.I. The zero-order valence-corrected chi connectivity index (χ0v) is 18.4. The lowest BCUT2D eigenvalue weighted by atomic mass is 9.95. The summed E-state index contributed by atoms with van der Waals surface area (Å²) in [6, 6.07) is 11.2. The normalized spacial score (nSPS) is 20.7. The fourth-order valence-corrected chi connectivity index (χ4v) is 3.83. The minimum Gasteiger partial charge on any atom is -0.369 e. The largest absolute Gasteiger partial charge is 0.369 e. The van der Waals surface area contributed by atoms with E-state index >= 15 is 0 Å². The van der Waals surface area contributed by atoms with Crippen molar-refractivity contribution in [2.24, 2.45) is 4.99 Å². The van der Waals surface area contributed by atoms with Crippen LogP contribution < -0.4 is 20.9 Å². The number of carbonyl (C=O) groups is 1. The van der Waals surface area contributed by atoms with Crippen LogP contribution in [0.4, 0.5) is 5.69 Å². The van der Waals surface area contributed by atoms with Crippen LogP contribution in [0.1, 0.15) is 38.5 Å². The molecule has 0 bridgehead atoms. The molecule has 1 aliphatic carbocycles. The van der Waals surface area contributed by atoms with Gasteiger partial charge in [-0.15, -0.1) is 24.0 Å². The number of para-hydroxylation sites is 1. The van der Waals surface area contributed by atoms with Crippen LogP contribution in [0.3, 0.4) is 0 Å². The number of rotatable bonds is 5. The molecule has 1 atom stereocenters. The van der Waals surface area contributed by atoms with E-state index in [1.165, 1.54) is 24.9 Å². The van der Waals surface area contributed by atoms with E-state index in [9.17, 15) is 4.79 Å². The molecule has 1 aromatic carbocycles. The number of anilines is 1. The Bertz CT molecular complexity index is 604. The van der Waals surface area contributed by atoms with Crippen molar-refractivity contribution >= 4 is 41.5 Å². The molecule has 0 radical (unpaired) electrons. The van der Waals surface area contributed by atoms with Crippen molar-refractivity contribution in [2.75, 3.05) is 31.6 Å². The molecular formula is C20H32IN5O. The van der Waals surface area contributed by atoms with Crippen molar-refractivity contribution < 1.29 is 4.79 Å². The van der Waals surface area contributed by atoms with Gasteiger partial charge in [-0.25, -0.2) is 0 Å². The number of hydrogen-bond donors (Lipinski definition) is 3. The quantitative estimate of drug-likeness (QED) is 0.341. The number of aliphatic imine (C=N–C) groups is 1. The molecule has 1 aliphatic heterocycles. The average molecular weight is 485 g/mol. The fraction of sp³-hybridized carbons (Fsp3) is 0.600. The first-order valence-electron chi connectivity index (χ1n) is 9.81. The van der Waals surface area contributed by atoms with Crippen molar-refractivity contribution in [1.82, 2.24) is 16.0 Å². The van der Waals surface area contributed by atoms with Crippen LogP contribution in [0.5, 0.6) is 0 Å². The van der Waals surface area contributed by atoms with Gasteiger partial charge in [-0.3, -0.25) is 9.79 Å². The van der Waals surface area contributed by atoms with Crippen LogP contribution in [-0.4, -0.2) is 50.6 Å². The van der Waals surface area contributed by atoms with E-state index in [1.54, 1.807) is 7.05 Å². The van der Waals surface area contributed by atoms with E-state index in [2.05, 4.69) is 50.1 Å². The second-order valence-electron chi connectivity index (χ2n) is 7.24. The Kier molecular flexibility index (Phi) is 9.17. The summed E-state index contributed by atoms with van der Waals surface area (Å²) in [5.41, 5.74) is 1.26. The van der Waals surface area contributed by atoms with E-state index in [0.29, 0.717) is 18.0 Å². The predicted octanol–water partition coefficient (Wildman–Crippen LogP) is 2.50. The Labute approximate surface area is 179 Å². The number of benzene rings is 1. The number of halogens is 1. The van der Waals surface area contributed by atoms with Gasteiger partial charge >= 0.3 is 0 Å². The highest BCUT2D eigenvalue weighted by Gasteiger charge is 2.23. The molecule has 0 spiro atoms. The molecule has 1 aromatic rings. The number of amides is 1. The van der Waals surface area contributed by atoms with Crippen LogP contribution in [0.2, 0.25) is 0 Å². The van der Waals surface area contributed by atoms with Crippen molar-refractivity contribution in [1.29, 1.82) is 0 Å². The molecule has 27 heavy (non-hydrogen) atoms. The molecule has 2 fully saturated rings. The summed E-state index contributed by atoms with van der Waals surface area (Å²) in [6.45, 7) is 2.24. The summed E-state index contributed by atoms with van der Waals surface area (Å²) in [6.07, 6.45) is 7.01. The number of nitrogens with zero attached hydrogens (tertiary/aromatic N) is 2. The van der Waals surface area contributed by atoms with Gasteiger partial charge in [-0.2, -0.15) is 0 Å². The first kappa shape index (κ1) is 21.8. The summed E-state index contributed by atoms with van der Waals surface area (Å²) < 4.78 is 0. The molecule has 6 nitrogen and oxygen atoms in total. The molecule has 0 aromatic heterocycles. The zero-order valence-electron chi connectivity index (χ0n) is 16.1. The monoisotopic (exact) mass is 485 g/mol.